The Bertz CT molecular complexity index is 3050. The Labute approximate surface area is 277 Å². The van der Waals surface area contributed by atoms with E-state index in [0.29, 0.717) is 16.3 Å². The summed E-state index contributed by atoms with van der Waals surface area (Å²) in [6, 6.07) is 27.8. The van der Waals surface area contributed by atoms with Gasteiger partial charge in [0, 0.05) is 10.8 Å². The molecule has 9 aromatic rings. The molecule has 0 fully saturated rings. The van der Waals surface area contributed by atoms with Gasteiger partial charge in [0.05, 0.1) is 15.1 Å². The van der Waals surface area contributed by atoms with Gasteiger partial charge in [-0.15, -0.1) is 0 Å². The van der Waals surface area contributed by atoms with Crippen LogP contribution in [0.15, 0.2) is 174 Å². The lowest BCUT2D eigenvalue weighted by molar-refractivity contribution is 0.669. The SMILES string of the molecule is [2H]c1c([2H])c([2H])c(-c2c(-c3c4ccccc4c(-c4ccc(-c5ccccc5)cc4)c4ccccc34)c([2H])c3c(oc4c([2H])c([2H])c([2H])c([2H])c43)c2[2H])c([2H])c1[2H]. The van der Waals surface area contributed by atoms with Crippen molar-refractivity contribution in [2.24, 2.45) is 0 Å². The average Bonchev–Trinajstić information content (AvgIpc) is 3.64. The highest BCUT2D eigenvalue weighted by Crippen LogP contribution is 2.48. The van der Waals surface area contributed by atoms with Crippen molar-refractivity contribution < 1.29 is 19.5 Å². The van der Waals surface area contributed by atoms with Gasteiger partial charge in [0.1, 0.15) is 11.2 Å². The molecule has 0 bridgehead atoms. The van der Waals surface area contributed by atoms with Crippen LogP contribution in [0.5, 0.6) is 0 Å². The van der Waals surface area contributed by atoms with E-state index >= 15 is 0 Å². The van der Waals surface area contributed by atoms with Gasteiger partial charge in [0.15, 0.2) is 0 Å². The van der Waals surface area contributed by atoms with E-state index in [4.69, 9.17) is 16.8 Å². The van der Waals surface area contributed by atoms with Crippen LogP contribution in [0.4, 0.5) is 0 Å². The van der Waals surface area contributed by atoms with Crippen molar-refractivity contribution in [1.29, 1.82) is 0 Å². The largest absolute Gasteiger partial charge is 0.456 e. The van der Waals surface area contributed by atoms with Crippen molar-refractivity contribution in [2.75, 3.05) is 0 Å². The molecular formula is C44H28O. The van der Waals surface area contributed by atoms with Gasteiger partial charge in [-0.2, -0.15) is 0 Å². The van der Waals surface area contributed by atoms with Crippen molar-refractivity contribution in [2.45, 2.75) is 0 Å². The Hall–Kier alpha value is -5.92. The molecule has 1 heterocycles. The number of hydrogen-bond donors (Lipinski definition) is 0. The summed E-state index contributed by atoms with van der Waals surface area (Å²) in [5, 5.41) is 2.78. The molecule has 1 heteroatoms. The van der Waals surface area contributed by atoms with E-state index in [1.165, 1.54) is 0 Å². The van der Waals surface area contributed by atoms with E-state index in [0.717, 1.165) is 33.0 Å². The van der Waals surface area contributed by atoms with E-state index in [2.05, 4.69) is 24.3 Å². The zero-order valence-electron chi connectivity index (χ0n) is 34.7. The van der Waals surface area contributed by atoms with E-state index < -0.39 is 60.4 Å². The molecule has 0 aliphatic heterocycles. The second kappa shape index (κ2) is 10.4. The van der Waals surface area contributed by atoms with E-state index in [-0.39, 0.29) is 44.7 Å². The quantitative estimate of drug-likeness (QED) is 0.188. The molecule has 0 atom stereocenters. The lowest BCUT2D eigenvalue weighted by Crippen LogP contribution is -1.93. The van der Waals surface area contributed by atoms with Crippen molar-refractivity contribution in [1.82, 2.24) is 0 Å². The van der Waals surface area contributed by atoms with Gasteiger partial charge in [-0.1, -0.05) is 151 Å². The monoisotopic (exact) mass is 583 g/mol. The summed E-state index contributed by atoms with van der Waals surface area (Å²) in [7, 11) is 0. The Morgan fingerprint density at radius 2 is 0.911 bits per heavy atom. The molecule has 8 aromatic carbocycles. The third-order valence-electron chi connectivity index (χ3n) is 8.28. The Morgan fingerprint density at radius 3 is 1.60 bits per heavy atom. The number of hydrogen-bond acceptors (Lipinski definition) is 1. The predicted molar refractivity (Wildman–Crippen MR) is 190 cm³/mol. The standard InChI is InChI=1S/C44H28O/c1-3-13-29(14-4-1)30-23-25-32(26-24-30)43-34-18-7-9-20-36(34)44(37-21-10-8-19-35(37)43)40-27-39-33-17-11-12-22-41(33)45-42(39)28-38(40)31-15-5-2-6-16-31/h1-28H/i2D,5D,6D,11D,12D,15D,16D,17D,22D,27D,28D. The molecule has 0 radical (unpaired) electrons. The molecule has 0 spiro atoms. The van der Waals surface area contributed by atoms with E-state index in [1.807, 2.05) is 78.9 Å². The first-order chi connectivity index (χ1) is 26.9. The molecule has 210 valence electrons. The van der Waals surface area contributed by atoms with Gasteiger partial charge in [0.25, 0.3) is 0 Å². The summed E-state index contributed by atoms with van der Waals surface area (Å²) in [6.45, 7) is 0. The summed E-state index contributed by atoms with van der Waals surface area (Å²) < 4.78 is 103. The van der Waals surface area contributed by atoms with Crippen molar-refractivity contribution in [3.63, 3.8) is 0 Å². The molecular weight excluding hydrogens is 544 g/mol. The normalized spacial score (nSPS) is 15.0. The second-order valence-corrected chi connectivity index (χ2v) is 10.8. The minimum absolute atomic E-state index is 0.0446. The molecule has 9 rings (SSSR count). The minimum atomic E-state index is -0.619. The van der Waals surface area contributed by atoms with Crippen molar-refractivity contribution >= 4 is 43.5 Å². The number of furan rings is 1. The first-order valence-electron chi connectivity index (χ1n) is 20.0. The number of fused-ring (bicyclic) bond motifs is 5. The Balaban J connectivity index is 1.48. The fraction of sp³-hybridized carbons (Fsp3) is 0. The van der Waals surface area contributed by atoms with Crippen molar-refractivity contribution in [3.05, 3.63) is 170 Å². The highest BCUT2D eigenvalue weighted by atomic mass is 16.3. The lowest BCUT2D eigenvalue weighted by atomic mass is 9.83. The van der Waals surface area contributed by atoms with Crippen LogP contribution in [0.1, 0.15) is 15.1 Å². The van der Waals surface area contributed by atoms with Gasteiger partial charge in [0.2, 0.25) is 0 Å². The summed E-state index contributed by atoms with van der Waals surface area (Å²) in [4.78, 5) is 0. The molecule has 0 aliphatic carbocycles. The fourth-order valence-electron chi connectivity index (χ4n) is 6.31. The Kier molecular flexibility index (Phi) is 3.87. The average molecular weight is 584 g/mol. The molecule has 0 N–H and O–H groups in total. The molecule has 1 aromatic heterocycles. The van der Waals surface area contributed by atoms with Crippen LogP contribution >= 0.6 is 0 Å². The molecule has 1 nitrogen and oxygen atoms in total. The Morgan fingerprint density at radius 1 is 0.356 bits per heavy atom. The number of para-hydroxylation sites is 1. The van der Waals surface area contributed by atoms with Crippen molar-refractivity contribution in [3.8, 4) is 44.5 Å². The molecule has 0 unspecified atom stereocenters. The highest BCUT2D eigenvalue weighted by molar-refractivity contribution is 6.23. The summed E-state index contributed by atoms with van der Waals surface area (Å²) in [6.07, 6.45) is 0. The topological polar surface area (TPSA) is 13.1 Å². The number of rotatable bonds is 4. The molecule has 0 saturated carbocycles. The third-order valence-corrected chi connectivity index (χ3v) is 8.28. The molecule has 0 amide bonds. The van der Waals surface area contributed by atoms with Gasteiger partial charge in [-0.05, 0) is 84.2 Å². The van der Waals surface area contributed by atoms with Crippen LogP contribution in [0.3, 0.4) is 0 Å². The van der Waals surface area contributed by atoms with Gasteiger partial charge in [-0.3, -0.25) is 0 Å². The zero-order valence-corrected chi connectivity index (χ0v) is 23.7. The summed E-state index contributed by atoms with van der Waals surface area (Å²) in [5.41, 5.74) is 3.51. The smallest absolute Gasteiger partial charge is 0.136 e. The van der Waals surface area contributed by atoms with Crippen LogP contribution < -0.4 is 0 Å². The zero-order chi connectivity index (χ0) is 39.3. The number of benzene rings is 8. The maximum atomic E-state index is 9.97. The van der Waals surface area contributed by atoms with Crippen LogP contribution in [0.2, 0.25) is 0 Å². The van der Waals surface area contributed by atoms with Gasteiger partial charge < -0.3 is 4.42 Å². The fourth-order valence-corrected chi connectivity index (χ4v) is 6.31. The van der Waals surface area contributed by atoms with Crippen LogP contribution in [0.25, 0.3) is 88.0 Å². The van der Waals surface area contributed by atoms with E-state index in [1.54, 1.807) is 0 Å². The maximum Gasteiger partial charge on any atom is 0.136 e. The van der Waals surface area contributed by atoms with E-state index in [9.17, 15) is 2.74 Å². The molecule has 0 aliphatic rings. The maximum absolute atomic E-state index is 9.97. The molecule has 45 heavy (non-hydrogen) atoms. The third kappa shape index (κ3) is 4.17. The minimum Gasteiger partial charge on any atom is -0.456 e. The summed E-state index contributed by atoms with van der Waals surface area (Å²) in [5.74, 6) is 0. The molecule has 0 saturated heterocycles. The first kappa shape index (κ1) is 16.8. The van der Waals surface area contributed by atoms with Crippen LogP contribution in [-0.2, 0) is 0 Å². The van der Waals surface area contributed by atoms with Gasteiger partial charge in [-0.25, -0.2) is 0 Å². The second-order valence-electron chi connectivity index (χ2n) is 10.8. The van der Waals surface area contributed by atoms with Gasteiger partial charge >= 0.3 is 0 Å². The lowest BCUT2D eigenvalue weighted by Gasteiger charge is -2.20. The summed E-state index contributed by atoms with van der Waals surface area (Å²) >= 11 is 0. The van der Waals surface area contributed by atoms with Crippen LogP contribution in [0, 0.1) is 0 Å². The highest BCUT2D eigenvalue weighted by Gasteiger charge is 2.21. The predicted octanol–water partition coefficient (Wildman–Crippen LogP) is 12.6. The van der Waals surface area contributed by atoms with Crippen LogP contribution in [-0.4, -0.2) is 0 Å². The first-order valence-corrected chi connectivity index (χ1v) is 14.5.